The molecular weight excluding hydrogens is 516 g/mol. The van der Waals surface area contributed by atoms with Crippen LogP contribution in [0.15, 0.2) is 64.1 Å². The Morgan fingerprint density at radius 2 is 1.79 bits per heavy atom. The van der Waals surface area contributed by atoms with Crippen LogP contribution >= 0.6 is 0 Å². The monoisotopic (exact) mass is 550 g/mol. The highest BCUT2D eigenvalue weighted by Gasteiger charge is 2.41. The highest BCUT2D eigenvalue weighted by Crippen LogP contribution is 2.42. The van der Waals surface area contributed by atoms with E-state index in [4.69, 9.17) is 4.74 Å². The molecule has 1 atom stereocenters. The van der Waals surface area contributed by atoms with Gasteiger partial charge < -0.3 is 9.64 Å². The molecule has 4 rings (SSSR count). The number of sulfonamides is 1. The number of nitriles is 1. The molecule has 0 saturated carbocycles. The first-order valence-corrected chi connectivity index (χ1v) is 14.6. The van der Waals surface area contributed by atoms with Crippen LogP contribution in [0.1, 0.15) is 31.4 Å². The van der Waals surface area contributed by atoms with Gasteiger partial charge in [-0.05, 0) is 44.2 Å². The third kappa shape index (κ3) is 5.84. The number of hydrazone groups is 1. The van der Waals surface area contributed by atoms with Gasteiger partial charge in [0.15, 0.2) is 0 Å². The van der Waals surface area contributed by atoms with Crippen LogP contribution in [0.4, 0.5) is 0 Å². The number of rotatable bonds is 10. The van der Waals surface area contributed by atoms with Gasteiger partial charge in [0.05, 0.1) is 28.8 Å². The van der Waals surface area contributed by atoms with E-state index in [1.807, 2.05) is 51.2 Å². The van der Waals surface area contributed by atoms with Gasteiger partial charge in [-0.25, -0.2) is 13.2 Å². The SMILES string of the molecule is CCCN1C(c2cc(S(=O)(=O)N3CCN(C)CC3)ccc2OCC)=C(C#N)C(Cc2ccccc2)N1N=C=O. The first kappa shape index (κ1) is 28.3. The molecule has 11 heteroatoms. The molecule has 39 heavy (non-hydrogen) atoms. The molecule has 0 radical (unpaired) electrons. The number of benzene rings is 2. The smallest absolute Gasteiger partial charge is 0.260 e. The van der Waals surface area contributed by atoms with Gasteiger partial charge in [-0.1, -0.05) is 42.4 Å². The van der Waals surface area contributed by atoms with Crippen molar-refractivity contribution in [2.24, 2.45) is 5.10 Å². The maximum Gasteiger partial charge on any atom is 0.260 e. The Bertz CT molecular complexity index is 1390. The minimum atomic E-state index is -3.78. The number of nitrogens with zero attached hydrogens (tertiary/aromatic N) is 6. The minimum Gasteiger partial charge on any atom is -0.493 e. The summed E-state index contributed by atoms with van der Waals surface area (Å²) in [7, 11) is -1.81. The van der Waals surface area contributed by atoms with Crippen molar-refractivity contribution in [3.8, 4) is 11.8 Å². The molecular formula is C28H34N6O4S. The van der Waals surface area contributed by atoms with Crippen LogP contribution in [0.25, 0.3) is 5.70 Å². The average molecular weight is 551 g/mol. The predicted octanol–water partition coefficient (Wildman–Crippen LogP) is 3.06. The van der Waals surface area contributed by atoms with E-state index >= 15 is 0 Å². The molecule has 0 aliphatic carbocycles. The highest BCUT2D eigenvalue weighted by atomic mass is 32.2. The van der Waals surface area contributed by atoms with E-state index in [2.05, 4.69) is 16.1 Å². The Kier molecular flexibility index (Phi) is 9.04. The molecule has 206 valence electrons. The van der Waals surface area contributed by atoms with Crippen LogP contribution in [0.3, 0.4) is 0 Å². The summed E-state index contributed by atoms with van der Waals surface area (Å²) in [6, 6.07) is 16.2. The van der Waals surface area contributed by atoms with Gasteiger partial charge in [0.2, 0.25) is 10.0 Å². The summed E-state index contributed by atoms with van der Waals surface area (Å²) >= 11 is 0. The number of isocyanates is 1. The van der Waals surface area contributed by atoms with Crippen LogP contribution in [-0.4, -0.2) is 86.2 Å². The molecule has 2 aromatic carbocycles. The number of hydrogen-bond acceptors (Lipinski definition) is 9. The van der Waals surface area contributed by atoms with Gasteiger partial charge in [-0.15, -0.1) is 0 Å². The van der Waals surface area contributed by atoms with Crippen LogP contribution < -0.4 is 4.74 Å². The quantitative estimate of drug-likeness (QED) is 0.328. The van der Waals surface area contributed by atoms with Gasteiger partial charge in [-0.3, -0.25) is 5.01 Å². The van der Waals surface area contributed by atoms with Crippen molar-refractivity contribution in [1.82, 2.24) is 19.3 Å². The number of piperazine rings is 1. The number of carbonyl (C=O) groups excluding carboxylic acids is 1. The number of ether oxygens (including phenoxy) is 1. The fourth-order valence-electron chi connectivity index (χ4n) is 5.02. The largest absolute Gasteiger partial charge is 0.493 e. The lowest BCUT2D eigenvalue weighted by molar-refractivity contribution is 0.0266. The predicted molar refractivity (Wildman–Crippen MR) is 147 cm³/mol. The summed E-state index contributed by atoms with van der Waals surface area (Å²) in [6.45, 7) is 6.72. The van der Waals surface area contributed by atoms with E-state index in [9.17, 15) is 18.5 Å². The van der Waals surface area contributed by atoms with Crippen LogP contribution in [0, 0.1) is 11.3 Å². The Hall–Kier alpha value is -3.68. The summed E-state index contributed by atoms with van der Waals surface area (Å²) < 4.78 is 34.7. The fraction of sp³-hybridized carbons (Fsp3) is 0.429. The molecule has 2 aromatic rings. The molecule has 0 spiro atoms. The maximum absolute atomic E-state index is 13.7. The maximum atomic E-state index is 13.7. The van der Waals surface area contributed by atoms with Crippen molar-refractivity contribution in [2.75, 3.05) is 46.4 Å². The average Bonchev–Trinajstić information content (AvgIpc) is 3.21. The number of hydrazine groups is 1. The second-order valence-corrected chi connectivity index (χ2v) is 11.5. The molecule has 2 aliphatic rings. The van der Waals surface area contributed by atoms with Crippen molar-refractivity contribution < 1.29 is 17.9 Å². The molecule has 2 aliphatic heterocycles. The highest BCUT2D eigenvalue weighted by molar-refractivity contribution is 7.89. The Labute approximate surface area is 230 Å². The van der Waals surface area contributed by atoms with Crippen molar-refractivity contribution in [2.45, 2.75) is 37.6 Å². The Morgan fingerprint density at radius 3 is 2.41 bits per heavy atom. The molecule has 1 unspecified atom stereocenters. The lowest BCUT2D eigenvalue weighted by Crippen LogP contribution is -2.47. The molecule has 1 saturated heterocycles. The molecule has 10 nitrogen and oxygen atoms in total. The summed E-state index contributed by atoms with van der Waals surface area (Å²) in [6.07, 6.45) is 2.75. The van der Waals surface area contributed by atoms with Crippen molar-refractivity contribution >= 4 is 21.8 Å². The van der Waals surface area contributed by atoms with Gasteiger partial charge in [0, 0.05) is 44.7 Å². The Balaban J connectivity index is 1.88. The van der Waals surface area contributed by atoms with E-state index in [-0.39, 0.29) is 4.90 Å². The summed E-state index contributed by atoms with van der Waals surface area (Å²) in [4.78, 5) is 13.7. The van der Waals surface area contributed by atoms with E-state index in [1.54, 1.807) is 29.3 Å². The molecule has 0 bridgehead atoms. The van der Waals surface area contributed by atoms with Crippen molar-refractivity contribution in [3.63, 3.8) is 0 Å². The van der Waals surface area contributed by atoms with E-state index < -0.39 is 16.1 Å². The third-order valence-electron chi connectivity index (χ3n) is 6.95. The van der Waals surface area contributed by atoms with Crippen molar-refractivity contribution in [3.05, 3.63) is 65.2 Å². The topological polar surface area (TPSA) is 110 Å². The zero-order valence-electron chi connectivity index (χ0n) is 22.6. The molecule has 0 aromatic heterocycles. The van der Waals surface area contributed by atoms with Gasteiger partial charge in [-0.2, -0.15) is 14.7 Å². The summed E-state index contributed by atoms with van der Waals surface area (Å²) in [5.74, 6) is 0.453. The zero-order chi connectivity index (χ0) is 28.0. The first-order valence-electron chi connectivity index (χ1n) is 13.1. The second kappa shape index (κ2) is 12.5. The fourth-order valence-corrected chi connectivity index (χ4v) is 6.47. The van der Waals surface area contributed by atoms with Gasteiger partial charge in [0.25, 0.3) is 6.08 Å². The van der Waals surface area contributed by atoms with Gasteiger partial charge in [0.1, 0.15) is 11.8 Å². The zero-order valence-corrected chi connectivity index (χ0v) is 23.4. The number of hydrogen-bond donors (Lipinski definition) is 0. The molecule has 2 heterocycles. The van der Waals surface area contributed by atoms with E-state index in [0.29, 0.717) is 74.8 Å². The summed E-state index contributed by atoms with van der Waals surface area (Å²) in [5, 5.41) is 17.7. The summed E-state index contributed by atoms with van der Waals surface area (Å²) in [5.41, 5.74) is 2.30. The Morgan fingerprint density at radius 1 is 1.08 bits per heavy atom. The second-order valence-electron chi connectivity index (χ2n) is 9.51. The minimum absolute atomic E-state index is 0.128. The van der Waals surface area contributed by atoms with E-state index in [0.717, 1.165) is 5.56 Å². The lowest BCUT2D eigenvalue weighted by atomic mass is 9.97. The van der Waals surface area contributed by atoms with Gasteiger partial charge >= 0.3 is 0 Å². The van der Waals surface area contributed by atoms with Crippen LogP contribution in [0.5, 0.6) is 5.75 Å². The van der Waals surface area contributed by atoms with Crippen LogP contribution in [0.2, 0.25) is 0 Å². The molecule has 1 fully saturated rings. The van der Waals surface area contributed by atoms with Crippen molar-refractivity contribution in [1.29, 1.82) is 5.26 Å². The molecule has 0 N–H and O–H groups in total. The normalized spacial score (nSPS) is 18.7. The first-order chi connectivity index (χ1) is 18.8. The lowest BCUT2D eigenvalue weighted by Gasteiger charge is -2.33. The standard InChI is InChI=1S/C28H34N6O4S/c1-4-13-33-28(25(20-29)26(34(33)30-21-35)18-22-9-7-6-8-10-22)24-19-23(11-12-27(24)38-5-2)39(36,37)32-16-14-31(3)15-17-32/h6-12,19,26H,4-5,13-18H2,1-3H3. The van der Waals surface area contributed by atoms with Crippen LogP contribution in [-0.2, 0) is 21.2 Å². The molecule has 0 amide bonds. The van der Waals surface area contributed by atoms with E-state index in [1.165, 1.54) is 9.42 Å². The third-order valence-corrected chi connectivity index (χ3v) is 8.84. The number of likely N-dealkylation sites (N-methyl/N-ethyl adjacent to an activating group) is 1.